The number of nitrogens with zero attached hydrogens (tertiary/aromatic N) is 2. The van der Waals surface area contributed by atoms with E-state index in [-0.39, 0.29) is 0 Å². The van der Waals surface area contributed by atoms with E-state index in [1.54, 1.807) is 11.3 Å². The monoisotopic (exact) mass is 308 g/mol. The standard InChI is InChI=1S/C19H20N2S/c1-13-10-17(14(2)21(13)16-8-9-16)18-12-22-19(20-18)11-15-6-4-3-5-7-15/h3-7,10,12,16H,8-9,11H2,1-2H3. The number of rotatable bonds is 4. The minimum atomic E-state index is 0.733. The number of hydrogen-bond acceptors (Lipinski definition) is 2. The number of aryl methyl sites for hydroxylation is 1. The van der Waals surface area contributed by atoms with E-state index < -0.39 is 0 Å². The minimum Gasteiger partial charge on any atom is -0.345 e. The Morgan fingerprint density at radius 3 is 2.68 bits per heavy atom. The van der Waals surface area contributed by atoms with E-state index in [4.69, 9.17) is 4.98 Å². The summed E-state index contributed by atoms with van der Waals surface area (Å²) in [6.45, 7) is 4.45. The van der Waals surface area contributed by atoms with Gasteiger partial charge in [0.25, 0.3) is 0 Å². The second-order valence-electron chi connectivity index (χ2n) is 6.17. The SMILES string of the molecule is Cc1cc(-c2csc(Cc3ccccc3)n2)c(C)n1C1CC1. The predicted molar refractivity (Wildman–Crippen MR) is 92.5 cm³/mol. The van der Waals surface area contributed by atoms with E-state index in [9.17, 15) is 0 Å². The van der Waals surface area contributed by atoms with Crippen molar-refractivity contribution in [2.24, 2.45) is 0 Å². The summed E-state index contributed by atoms with van der Waals surface area (Å²) in [6.07, 6.45) is 3.57. The van der Waals surface area contributed by atoms with Crippen LogP contribution in [0, 0.1) is 13.8 Å². The summed E-state index contributed by atoms with van der Waals surface area (Å²) in [4.78, 5) is 4.88. The van der Waals surface area contributed by atoms with Gasteiger partial charge in [-0.1, -0.05) is 30.3 Å². The fourth-order valence-corrected chi connectivity index (χ4v) is 4.05. The van der Waals surface area contributed by atoms with E-state index >= 15 is 0 Å². The zero-order chi connectivity index (χ0) is 15.1. The van der Waals surface area contributed by atoms with Crippen molar-refractivity contribution in [2.75, 3.05) is 0 Å². The second-order valence-corrected chi connectivity index (χ2v) is 7.12. The molecule has 1 aliphatic carbocycles. The molecule has 2 aromatic heterocycles. The zero-order valence-electron chi connectivity index (χ0n) is 13.0. The van der Waals surface area contributed by atoms with Gasteiger partial charge in [-0.15, -0.1) is 11.3 Å². The first-order valence-electron chi connectivity index (χ1n) is 7.89. The molecule has 1 aliphatic rings. The van der Waals surface area contributed by atoms with Gasteiger partial charge >= 0.3 is 0 Å². The van der Waals surface area contributed by atoms with Crippen LogP contribution in [0.1, 0.15) is 40.8 Å². The van der Waals surface area contributed by atoms with Crippen LogP contribution in [0.25, 0.3) is 11.3 Å². The maximum Gasteiger partial charge on any atom is 0.0976 e. The van der Waals surface area contributed by atoms with Gasteiger partial charge in [-0.25, -0.2) is 4.98 Å². The third-order valence-corrected chi connectivity index (χ3v) is 5.27. The van der Waals surface area contributed by atoms with Crippen LogP contribution in [0.3, 0.4) is 0 Å². The summed E-state index contributed by atoms with van der Waals surface area (Å²) in [5.74, 6) is 0. The van der Waals surface area contributed by atoms with E-state index in [0.29, 0.717) is 0 Å². The number of thiazole rings is 1. The fraction of sp³-hybridized carbons (Fsp3) is 0.316. The molecule has 0 spiro atoms. The van der Waals surface area contributed by atoms with E-state index in [2.05, 4.69) is 60.2 Å². The highest BCUT2D eigenvalue weighted by Gasteiger charge is 2.27. The van der Waals surface area contributed by atoms with E-state index in [1.807, 2.05) is 0 Å². The van der Waals surface area contributed by atoms with Crippen molar-refractivity contribution in [3.63, 3.8) is 0 Å². The third-order valence-electron chi connectivity index (χ3n) is 4.42. The van der Waals surface area contributed by atoms with Crippen molar-refractivity contribution in [3.05, 3.63) is 63.7 Å². The van der Waals surface area contributed by atoms with Crippen molar-refractivity contribution in [1.29, 1.82) is 0 Å². The van der Waals surface area contributed by atoms with Gasteiger partial charge in [-0.3, -0.25) is 0 Å². The van der Waals surface area contributed by atoms with Gasteiger partial charge in [-0.05, 0) is 38.3 Å². The Kier molecular flexibility index (Phi) is 3.38. The lowest BCUT2D eigenvalue weighted by molar-refractivity contribution is 0.700. The summed E-state index contributed by atoms with van der Waals surface area (Å²) >= 11 is 1.77. The molecule has 2 heterocycles. The maximum atomic E-state index is 4.88. The molecule has 112 valence electrons. The van der Waals surface area contributed by atoms with Gasteiger partial charge in [0.05, 0.1) is 10.7 Å². The van der Waals surface area contributed by atoms with E-state index in [0.717, 1.165) is 18.2 Å². The smallest absolute Gasteiger partial charge is 0.0976 e. The molecule has 4 rings (SSSR count). The Labute approximate surface area is 135 Å². The summed E-state index contributed by atoms with van der Waals surface area (Å²) in [5.41, 5.74) is 6.51. The average Bonchev–Trinajstić information content (AvgIpc) is 3.16. The molecule has 1 saturated carbocycles. The van der Waals surface area contributed by atoms with Crippen LogP contribution in [0.5, 0.6) is 0 Å². The normalized spacial score (nSPS) is 14.5. The van der Waals surface area contributed by atoms with Gasteiger partial charge < -0.3 is 4.57 Å². The Bertz CT molecular complexity index is 794. The van der Waals surface area contributed by atoms with Crippen LogP contribution in [0.2, 0.25) is 0 Å². The first-order chi connectivity index (χ1) is 10.7. The summed E-state index contributed by atoms with van der Waals surface area (Å²) in [6, 6.07) is 13.6. The van der Waals surface area contributed by atoms with Crippen LogP contribution in [0.4, 0.5) is 0 Å². The largest absolute Gasteiger partial charge is 0.345 e. The van der Waals surface area contributed by atoms with Crippen molar-refractivity contribution in [2.45, 2.75) is 39.2 Å². The van der Waals surface area contributed by atoms with Gasteiger partial charge in [0.1, 0.15) is 0 Å². The van der Waals surface area contributed by atoms with Crippen LogP contribution in [0.15, 0.2) is 41.8 Å². The molecule has 0 unspecified atom stereocenters. The second kappa shape index (κ2) is 5.40. The number of hydrogen-bond donors (Lipinski definition) is 0. The molecule has 3 aromatic rings. The maximum absolute atomic E-state index is 4.88. The molecule has 0 atom stereocenters. The highest BCUT2D eigenvalue weighted by Crippen LogP contribution is 2.40. The molecule has 0 N–H and O–H groups in total. The highest BCUT2D eigenvalue weighted by atomic mass is 32.1. The zero-order valence-corrected chi connectivity index (χ0v) is 13.9. The molecule has 0 radical (unpaired) electrons. The van der Waals surface area contributed by atoms with Crippen molar-refractivity contribution >= 4 is 11.3 Å². The van der Waals surface area contributed by atoms with Gasteiger partial charge in [0.15, 0.2) is 0 Å². The minimum absolute atomic E-state index is 0.733. The molecule has 3 heteroatoms. The molecule has 1 fully saturated rings. The highest BCUT2D eigenvalue weighted by molar-refractivity contribution is 7.10. The first kappa shape index (κ1) is 13.8. The predicted octanol–water partition coefficient (Wildman–Crippen LogP) is 5.15. The molecule has 22 heavy (non-hydrogen) atoms. The topological polar surface area (TPSA) is 17.8 Å². The lowest BCUT2D eigenvalue weighted by Gasteiger charge is -2.06. The Hall–Kier alpha value is -1.87. The molecular formula is C19H20N2S. The Morgan fingerprint density at radius 2 is 1.95 bits per heavy atom. The quantitative estimate of drug-likeness (QED) is 0.651. The fourth-order valence-electron chi connectivity index (χ4n) is 3.22. The summed E-state index contributed by atoms with van der Waals surface area (Å²) in [7, 11) is 0. The molecule has 0 bridgehead atoms. The van der Waals surface area contributed by atoms with Gasteiger partial charge in [0, 0.05) is 34.8 Å². The van der Waals surface area contributed by atoms with Crippen LogP contribution < -0.4 is 0 Å². The Balaban J connectivity index is 1.63. The Morgan fingerprint density at radius 1 is 1.18 bits per heavy atom. The van der Waals surface area contributed by atoms with Gasteiger partial charge in [-0.2, -0.15) is 0 Å². The average molecular weight is 308 g/mol. The van der Waals surface area contributed by atoms with Crippen molar-refractivity contribution < 1.29 is 0 Å². The summed E-state index contributed by atoms with van der Waals surface area (Å²) < 4.78 is 2.49. The molecule has 0 amide bonds. The van der Waals surface area contributed by atoms with E-state index in [1.165, 1.54) is 40.4 Å². The summed E-state index contributed by atoms with van der Waals surface area (Å²) in [5, 5.41) is 3.40. The number of aromatic nitrogens is 2. The number of benzene rings is 1. The van der Waals surface area contributed by atoms with Crippen LogP contribution in [-0.4, -0.2) is 9.55 Å². The lowest BCUT2D eigenvalue weighted by atomic mass is 10.1. The van der Waals surface area contributed by atoms with Crippen molar-refractivity contribution in [1.82, 2.24) is 9.55 Å². The molecule has 0 saturated heterocycles. The van der Waals surface area contributed by atoms with Crippen LogP contribution in [-0.2, 0) is 6.42 Å². The van der Waals surface area contributed by atoms with Crippen molar-refractivity contribution in [3.8, 4) is 11.3 Å². The lowest BCUT2D eigenvalue weighted by Crippen LogP contribution is -1.98. The first-order valence-corrected chi connectivity index (χ1v) is 8.77. The molecule has 0 aliphatic heterocycles. The molecule has 1 aromatic carbocycles. The molecular weight excluding hydrogens is 288 g/mol. The van der Waals surface area contributed by atoms with Crippen LogP contribution >= 0.6 is 11.3 Å². The van der Waals surface area contributed by atoms with Gasteiger partial charge in [0.2, 0.25) is 0 Å². The third kappa shape index (κ3) is 2.50. The molecule has 2 nitrogen and oxygen atoms in total.